The first-order valence-electron chi connectivity index (χ1n) is 17.0. The molecule has 0 spiro atoms. The molecule has 1 amide bonds. The van der Waals surface area contributed by atoms with E-state index in [0.717, 1.165) is 0 Å². The lowest BCUT2D eigenvalue weighted by Crippen LogP contribution is -2.51. The quantitative estimate of drug-likeness (QED) is 0.178. The Balaban J connectivity index is 1.53. The highest BCUT2D eigenvalue weighted by atomic mass is 32.2. The van der Waals surface area contributed by atoms with Gasteiger partial charge in [-0.05, 0) is 74.6 Å². The average Bonchev–Trinajstić information content (AvgIpc) is 3.72. The lowest BCUT2D eigenvalue weighted by molar-refractivity contribution is -0.0907. The van der Waals surface area contributed by atoms with Crippen LogP contribution in [-0.4, -0.2) is 101 Å². The van der Waals surface area contributed by atoms with Gasteiger partial charge in [-0.1, -0.05) is 32.4 Å². The lowest BCUT2D eigenvalue weighted by Gasteiger charge is -2.31. The van der Waals surface area contributed by atoms with E-state index in [0.29, 0.717) is 36.5 Å². The van der Waals surface area contributed by atoms with Crippen molar-refractivity contribution in [3.8, 4) is 11.5 Å². The molecule has 2 saturated heterocycles. The second kappa shape index (κ2) is 18.7. The number of sulfonamides is 1. The minimum atomic E-state index is -4.04. The summed E-state index contributed by atoms with van der Waals surface area (Å²) in [5.41, 5.74) is 0.708. The number of ether oxygens (including phenoxy) is 5. The number of alkyl carbamates (subject to hydrolysis) is 1. The molecule has 0 saturated carbocycles. The van der Waals surface area contributed by atoms with Gasteiger partial charge in [0.25, 0.3) is 0 Å². The number of aliphatic hydroxyl groups excluding tert-OH is 1. The topological polar surface area (TPSA) is 168 Å². The van der Waals surface area contributed by atoms with Crippen molar-refractivity contribution in [1.29, 1.82) is 0 Å². The Morgan fingerprint density at radius 3 is 2.30 bits per heavy atom. The zero-order valence-electron chi connectivity index (χ0n) is 29.4. The predicted molar refractivity (Wildman–Crippen MR) is 185 cm³/mol. The number of hydrogen-bond acceptors (Lipinski definition) is 12. The van der Waals surface area contributed by atoms with Gasteiger partial charge in [-0.15, -0.1) is 0 Å². The summed E-state index contributed by atoms with van der Waals surface area (Å²) in [5.74, 6) is 0.831. The Hall–Kier alpha value is -2.75. The highest BCUT2D eigenvalue weighted by Crippen LogP contribution is 2.47. The minimum absolute atomic E-state index is 0.0103. The number of rotatable bonds is 20. The van der Waals surface area contributed by atoms with Gasteiger partial charge in [0.05, 0.1) is 56.5 Å². The van der Waals surface area contributed by atoms with Crippen LogP contribution in [0.2, 0.25) is 0 Å². The molecule has 0 aromatic heterocycles. The van der Waals surface area contributed by atoms with Crippen LogP contribution < -0.4 is 14.8 Å². The van der Waals surface area contributed by atoms with Gasteiger partial charge in [0.15, 0.2) is 12.6 Å². The molecule has 2 fully saturated rings. The molecule has 2 aromatic carbocycles. The van der Waals surface area contributed by atoms with E-state index < -0.39 is 48.3 Å². The van der Waals surface area contributed by atoms with Crippen molar-refractivity contribution in [2.24, 2.45) is 11.8 Å². The molecule has 4 rings (SSSR count). The SMILES string of the molecule is CCOP(=O)(COc1ccc(C[C@H](NC(=O)O[C@H]2CO[C@H]3OCC[C@H]32)[C@H](O)CN(CC(C)CC)S(=O)(=O)c2ccc(OC)cc2)cc1)OCC. The number of carbonyl (C=O) groups is 1. The van der Waals surface area contributed by atoms with Crippen LogP contribution in [-0.2, 0) is 44.3 Å². The van der Waals surface area contributed by atoms with Gasteiger partial charge >= 0.3 is 13.7 Å². The smallest absolute Gasteiger partial charge is 0.407 e. The standard InChI is InChI=1S/C34H51N2O12PS/c1-6-24(4)20-36(50(40,41)28-15-13-26(42-5)14-16-28)21-31(37)30(35-34(38)48-32-22-44-33-29(32)17-18-43-33)19-25-9-11-27(12-10-25)45-23-49(39,46-7-2)47-8-3/h9-16,24,29-33,37H,6-8,17-23H2,1-5H3,(H,35,38)/t24?,29-,30-,31+,32-,33+/m0/s1. The second-order valence-electron chi connectivity index (χ2n) is 12.4. The number of hydrogen-bond donors (Lipinski definition) is 2. The number of nitrogens with one attached hydrogen (secondary N) is 1. The van der Waals surface area contributed by atoms with Crippen LogP contribution in [0.5, 0.6) is 11.5 Å². The van der Waals surface area contributed by atoms with Gasteiger partial charge < -0.3 is 43.2 Å². The summed E-state index contributed by atoms with van der Waals surface area (Å²) in [6.45, 7) is 8.32. The monoisotopic (exact) mass is 742 g/mol. The third-order valence-corrected chi connectivity index (χ3v) is 12.3. The fraction of sp³-hybridized carbons (Fsp3) is 0.618. The van der Waals surface area contributed by atoms with Crippen molar-refractivity contribution in [3.63, 3.8) is 0 Å². The van der Waals surface area contributed by atoms with Gasteiger partial charge in [-0.2, -0.15) is 4.31 Å². The molecule has 2 heterocycles. The molecule has 0 bridgehead atoms. The van der Waals surface area contributed by atoms with Gasteiger partial charge in [0.1, 0.15) is 17.6 Å². The molecule has 16 heteroatoms. The molecule has 50 heavy (non-hydrogen) atoms. The number of nitrogens with zero attached hydrogens (tertiary/aromatic N) is 1. The van der Waals surface area contributed by atoms with Crippen molar-refractivity contribution in [3.05, 3.63) is 54.1 Å². The Labute approximate surface area is 295 Å². The lowest BCUT2D eigenvalue weighted by atomic mass is 10.0. The van der Waals surface area contributed by atoms with Gasteiger partial charge in [-0.3, -0.25) is 4.57 Å². The number of fused-ring (bicyclic) bond motifs is 1. The molecule has 0 aliphatic carbocycles. The van der Waals surface area contributed by atoms with Crippen LogP contribution in [0.3, 0.4) is 0 Å². The summed E-state index contributed by atoms with van der Waals surface area (Å²) >= 11 is 0. The van der Waals surface area contributed by atoms with Crippen molar-refractivity contribution in [1.82, 2.24) is 9.62 Å². The average molecular weight is 743 g/mol. The highest BCUT2D eigenvalue weighted by molar-refractivity contribution is 7.89. The van der Waals surface area contributed by atoms with Crippen LogP contribution in [0.15, 0.2) is 53.4 Å². The van der Waals surface area contributed by atoms with Gasteiger partial charge in [0.2, 0.25) is 10.0 Å². The van der Waals surface area contributed by atoms with E-state index in [1.807, 2.05) is 13.8 Å². The third kappa shape index (κ3) is 10.9. The van der Waals surface area contributed by atoms with E-state index in [-0.39, 0.29) is 62.4 Å². The molecule has 280 valence electrons. The molecule has 1 unspecified atom stereocenters. The fourth-order valence-corrected chi connectivity index (χ4v) is 8.66. The van der Waals surface area contributed by atoms with Crippen LogP contribution in [0.4, 0.5) is 4.79 Å². The van der Waals surface area contributed by atoms with Crippen LogP contribution >= 0.6 is 7.60 Å². The Kier molecular flexibility index (Phi) is 14.9. The third-order valence-electron chi connectivity index (χ3n) is 8.73. The van der Waals surface area contributed by atoms with E-state index in [1.165, 1.54) is 23.5 Å². The number of amides is 1. The molecule has 2 aliphatic heterocycles. The van der Waals surface area contributed by atoms with E-state index in [1.54, 1.807) is 50.2 Å². The molecular formula is C34H51N2O12PS. The summed E-state index contributed by atoms with van der Waals surface area (Å²) < 4.78 is 80.2. The van der Waals surface area contributed by atoms with E-state index in [2.05, 4.69) is 5.32 Å². The number of methoxy groups -OCH3 is 1. The van der Waals surface area contributed by atoms with Gasteiger partial charge in [0, 0.05) is 13.1 Å². The largest absolute Gasteiger partial charge is 0.497 e. The molecule has 6 atom stereocenters. The Morgan fingerprint density at radius 1 is 1.02 bits per heavy atom. The van der Waals surface area contributed by atoms with E-state index >= 15 is 0 Å². The highest BCUT2D eigenvalue weighted by Gasteiger charge is 2.44. The van der Waals surface area contributed by atoms with E-state index in [9.17, 15) is 22.9 Å². The number of carbonyl (C=O) groups excluding carboxylic acids is 1. The van der Waals surface area contributed by atoms with Crippen molar-refractivity contribution in [2.75, 3.05) is 53.0 Å². The predicted octanol–water partition coefficient (Wildman–Crippen LogP) is 4.79. The maximum absolute atomic E-state index is 13.9. The molecule has 2 N–H and O–H groups in total. The zero-order chi connectivity index (χ0) is 36.3. The molecule has 14 nitrogen and oxygen atoms in total. The maximum Gasteiger partial charge on any atom is 0.407 e. The number of benzene rings is 2. The van der Waals surface area contributed by atoms with Crippen molar-refractivity contribution in [2.45, 2.75) is 76.4 Å². The summed E-state index contributed by atoms with van der Waals surface area (Å²) in [4.78, 5) is 13.3. The first-order chi connectivity index (χ1) is 23.9. The van der Waals surface area contributed by atoms with Gasteiger partial charge in [-0.25, -0.2) is 13.2 Å². The first-order valence-corrected chi connectivity index (χ1v) is 20.2. The van der Waals surface area contributed by atoms with Crippen LogP contribution in [0, 0.1) is 11.8 Å². The zero-order valence-corrected chi connectivity index (χ0v) is 31.1. The molecular weight excluding hydrogens is 691 g/mol. The Bertz CT molecular complexity index is 1500. The summed E-state index contributed by atoms with van der Waals surface area (Å²) in [6.07, 6.45) is -1.75. The van der Waals surface area contributed by atoms with Crippen LogP contribution in [0.25, 0.3) is 0 Å². The summed E-state index contributed by atoms with van der Waals surface area (Å²) in [7, 11) is -5.97. The first kappa shape index (κ1) is 40.0. The van der Waals surface area contributed by atoms with Crippen molar-refractivity contribution >= 4 is 23.7 Å². The second-order valence-corrected chi connectivity index (χ2v) is 16.3. The fourth-order valence-electron chi connectivity index (χ4n) is 5.77. The Morgan fingerprint density at radius 2 is 1.68 bits per heavy atom. The summed E-state index contributed by atoms with van der Waals surface area (Å²) in [5, 5.41) is 14.5. The normalized spacial score (nSPS) is 21.0. The van der Waals surface area contributed by atoms with E-state index in [4.69, 9.17) is 32.7 Å². The maximum atomic E-state index is 13.9. The molecule has 2 aliphatic rings. The molecule has 0 radical (unpaired) electrons. The summed E-state index contributed by atoms with van der Waals surface area (Å²) in [6, 6.07) is 11.9. The number of aliphatic hydroxyl groups is 1. The minimum Gasteiger partial charge on any atom is -0.497 e. The van der Waals surface area contributed by atoms with Crippen LogP contribution in [0.1, 0.15) is 46.1 Å². The van der Waals surface area contributed by atoms with Crippen molar-refractivity contribution < 1.29 is 55.6 Å². The molecule has 2 aromatic rings.